The summed E-state index contributed by atoms with van der Waals surface area (Å²) in [6.07, 6.45) is 2.66. The van der Waals surface area contributed by atoms with Crippen LogP contribution in [0.1, 0.15) is 31.7 Å². The molecule has 1 atom stereocenters. The van der Waals surface area contributed by atoms with Crippen molar-refractivity contribution < 1.29 is 22.7 Å². The number of carbonyl (C=O) groups excluding carboxylic acids is 1. The van der Waals surface area contributed by atoms with Crippen LogP contribution in [-0.2, 0) is 24.3 Å². The highest BCUT2D eigenvalue weighted by atomic mass is 32.2. The molecule has 7 heteroatoms. The van der Waals surface area contributed by atoms with E-state index in [-0.39, 0.29) is 13.0 Å². The van der Waals surface area contributed by atoms with E-state index in [1.54, 1.807) is 19.1 Å². The predicted octanol–water partition coefficient (Wildman–Crippen LogP) is 2.31. The summed E-state index contributed by atoms with van der Waals surface area (Å²) in [4.78, 5) is 12.1. The van der Waals surface area contributed by atoms with Crippen molar-refractivity contribution >= 4 is 27.4 Å². The number of benzene rings is 1. The fourth-order valence-corrected chi connectivity index (χ4v) is 4.55. The average Bonchev–Trinajstić information content (AvgIpc) is 2.54. The lowest BCUT2D eigenvalue weighted by atomic mass is 9.89. The average molecular weight is 351 g/mol. The number of esters is 1. The Bertz CT molecular complexity index is 784. The van der Waals surface area contributed by atoms with E-state index in [4.69, 9.17) is 9.47 Å². The summed E-state index contributed by atoms with van der Waals surface area (Å²) >= 11 is 0. The van der Waals surface area contributed by atoms with Crippen molar-refractivity contribution in [2.45, 2.75) is 32.2 Å². The van der Waals surface area contributed by atoms with Crippen LogP contribution < -0.4 is 4.31 Å². The third-order valence-corrected chi connectivity index (χ3v) is 5.39. The smallest absolute Gasteiger partial charge is 0.308 e. The maximum Gasteiger partial charge on any atom is 0.308 e. The van der Waals surface area contributed by atoms with Crippen molar-refractivity contribution in [3.05, 3.63) is 35.4 Å². The van der Waals surface area contributed by atoms with E-state index in [1.807, 2.05) is 12.1 Å². The fourth-order valence-electron chi connectivity index (χ4n) is 3.37. The Kier molecular flexibility index (Phi) is 4.54. The molecule has 0 saturated carbocycles. The summed E-state index contributed by atoms with van der Waals surface area (Å²) < 4.78 is 37.2. The minimum Gasteiger partial charge on any atom is -0.493 e. The van der Waals surface area contributed by atoms with E-state index < -0.39 is 22.0 Å². The minimum absolute atomic E-state index is 0.0164. The van der Waals surface area contributed by atoms with Crippen LogP contribution in [0.15, 0.2) is 29.8 Å². The van der Waals surface area contributed by atoms with Gasteiger partial charge < -0.3 is 9.47 Å². The number of ether oxygens (including phenoxy) is 2. The van der Waals surface area contributed by atoms with E-state index in [0.29, 0.717) is 24.5 Å². The lowest BCUT2D eigenvalue weighted by molar-refractivity contribution is -0.143. The number of hydrogen-bond acceptors (Lipinski definition) is 5. The Hall–Kier alpha value is -2.02. The summed E-state index contributed by atoms with van der Waals surface area (Å²) in [5.74, 6) is 0.305. The Balaban J connectivity index is 2.15. The molecule has 0 unspecified atom stereocenters. The zero-order chi connectivity index (χ0) is 17.3. The van der Waals surface area contributed by atoms with Crippen LogP contribution in [-0.4, -0.2) is 39.9 Å². The molecule has 6 nitrogen and oxygen atoms in total. The van der Waals surface area contributed by atoms with E-state index in [9.17, 15) is 13.2 Å². The van der Waals surface area contributed by atoms with E-state index in [0.717, 1.165) is 23.8 Å². The van der Waals surface area contributed by atoms with Gasteiger partial charge in [-0.3, -0.25) is 9.10 Å². The van der Waals surface area contributed by atoms with Crippen molar-refractivity contribution in [2.24, 2.45) is 0 Å². The Labute approximate surface area is 142 Å². The molecule has 2 heterocycles. The highest BCUT2D eigenvalue weighted by Gasteiger charge is 2.40. The Morgan fingerprint density at radius 1 is 1.38 bits per heavy atom. The van der Waals surface area contributed by atoms with Gasteiger partial charge >= 0.3 is 5.97 Å². The van der Waals surface area contributed by atoms with Crippen LogP contribution in [0.3, 0.4) is 0 Å². The number of carbonyl (C=O) groups is 1. The maximum atomic E-state index is 12.5. The zero-order valence-electron chi connectivity index (χ0n) is 13.8. The highest BCUT2D eigenvalue weighted by molar-refractivity contribution is 7.92. The molecular formula is C17H21NO5S. The standard InChI is InChI=1S/C17H21NO5S/c1-3-22-16(19)11-15-13-8-6-10-23-17(13)12-7-4-5-9-14(12)18(15)24(2,20)21/h4-5,7,9,15H,3,6,8,10-11H2,1-2H3/t15-/m1/s1. The largest absolute Gasteiger partial charge is 0.493 e. The van der Waals surface area contributed by atoms with E-state index in [2.05, 4.69) is 0 Å². The first kappa shape index (κ1) is 16.8. The number of para-hydroxylation sites is 1. The summed E-state index contributed by atoms with van der Waals surface area (Å²) in [6.45, 7) is 2.60. The maximum absolute atomic E-state index is 12.5. The summed E-state index contributed by atoms with van der Waals surface area (Å²) in [6, 6.07) is 6.65. The molecule has 0 aromatic heterocycles. The number of fused-ring (bicyclic) bond motifs is 2. The van der Waals surface area contributed by atoms with Crippen LogP contribution in [0.4, 0.5) is 5.69 Å². The fraction of sp³-hybridized carbons (Fsp3) is 0.471. The predicted molar refractivity (Wildman–Crippen MR) is 90.9 cm³/mol. The van der Waals surface area contributed by atoms with Gasteiger partial charge in [-0.2, -0.15) is 0 Å². The van der Waals surface area contributed by atoms with Gasteiger partial charge in [0.15, 0.2) is 0 Å². The van der Waals surface area contributed by atoms with Crippen LogP contribution in [0, 0.1) is 0 Å². The molecule has 3 rings (SSSR count). The van der Waals surface area contributed by atoms with Crippen LogP contribution in [0.5, 0.6) is 0 Å². The summed E-state index contributed by atoms with van der Waals surface area (Å²) in [7, 11) is -3.56. The molecule has 2 aliphatic rings. The van der Waals surface area contributed by atoms with Crippen LogP contribution >= 0.6 is 0 Å². The van der Waals surface area contributed by atoms with Crippen molar-refractivity contribution in [3.8, 4) is 0 Å². The molecule has 0 spiro atoms. The Morgan fingerprint density at radius 2 is 2.12 bits per heavy atom. The van der Waals surface area contributed by atoms with Gasteiger partial charge in [-0.1, -0.05) is 12.1 Å². The monoisotopic (exact) mass is 351 g/mol. The third-order valence-electron chi connectivity index (χ3n) is 4.22. The van der Waals surface area contributed by atoms with Crippen LogP contribution in [0.25, 0.3) is 5.76 Å². The van der Waals surface area contributed by atoms with Gasteiger partial charge in [0.25, 0.3) is 0 Å². The molecule has 130 valence electrons. The van der Waals surface area contributed by atoms with E-state index in [1.165, 1.54) is 4.31 Å². The number of rotatable bonds is 4. The molecule has 1 aromatic rings. The van der Waals surface area contributed by atoms with Gasteiger partial charge in [0.2, 0.25) is 10.0 Å². The molecule has 24 heavy (non-hydrogen) atoms. The quantitative estimate of drug-likeness (QED) is 0.779. The first-order chi connectivity index (χ1) is 11.4. The molecular weight excluding hydrogens is 330 g/mol. The minimum atomic E-state index is -3.56. The molecule has 2 aliphatic heterocycles. The van der Waals surface area contributed by atoms with Crippen molar-refractivity contribution in [1.82, 2.24) is 0 Å². The molecule has 1 aromatic carbocycles. The first-order valence-corrected chi connectivity index (χ1v) is 9.88. The van der Waals surface area contributed by atoms with Crippen molar-refractivity contribution in [1.29, 1.82) is 0 Å². The molecule has 0 aliphatic carbocycles. The second kappa shape index (κ2) is 6.47. The van der Waals surface area contributed by atoms with E-state index >= 15 is 0 Å². The normalized spacial score (nSPS) is 20.1. The second-order valence-electron chi connectivity index (χ2n) is 5.91. The van der Waals surface area contributed by atoms with Gasteiger partial charge in [-0.05, 0) is 37.5 Å². The zero-order valence-corrected chi connectivity index (χ0v) is 14.6. The van der Waals surface area contributed by atoms with Gasteiger partial charge in [0.1, 0.15) is 5.76 Å². The topological polar surface area (TPSA) is 72.9 Å². The lowest BCUT2D eigenvalue weighted by Gasteiger charge is -2.40. The van der Waals surface area contributed by atoms with Gasteiger partial charge in [0, 0.05) is 5.56 Å². The molecule has 0 amide bonds. The number of nitrogens with zero attached hydrogens (tertiary/aromatic N) is 1. The Morgan fingerprint density at radius 3 is 2.83 bits per heavy atom. The molecule has 0 fully saturated rings. The third kappa shape index (κ3) is 3.00. The highest BCUT2D eigenvalue weighted by Crippen LogP contribution is 2.44. The lowest BCUT2D eigenvalue weighted by Crippen LogP contribution is -2.46. The van der Waals surface area contributed by atoms with Crippen molar-refractivity contribution in [3.63, 3.8) is 0 Å². The van der Waals surface area contributed by atoms with Gasteiger partial charge in [0.05, 0.1) is 37.6 Å². The molecule has 0 saturated heterocycles. The van der Waals surface area contributed by atoms with Crippen LogP contribution in [0.2, 0.25) is 0 Å². The van der Waals surface area contributed by atoms with Crippen molar-refractivity contribution in [2.75, 3.05) is 23.8 Å². The number of sulfonamides is 1. The first-order valence-electron chi connectivity index (χ1n) is 8.03. The summed E-state index contributed by atoms with van der Waals surface area (Å²) in [5.41, 5.74) is 2.17. The molecule has 0 N–H and O–H groups in total. The SMILES string of the molecule is CCOC(=O)C[C@@H]1C2=C(OCCC2)c2ccccc2N1S(C)(=O)=O. The second-order valence-corrected chi connectivity index (χ2v) is 7.77. The molecule has 0 bridgehead atoms. The molecule has 0 radical (unpaired) electrons. The number of hydrogen-bond donors (Lipinski definition) is 0. The van der Waals surface area contributed by atoms with Gasteiger partial charge in [-0.15, -0.1) is 0 Å². The summed E-state index contributed by atoms with van der Waals surface area (Å²) in [5, 5.41) is 0. The number of anilines is 1. The van der Waals surface area contributed by atoms with Gasteiger partial charge in [-0.25, -0.2) is 8.42 Å².